The number of hydrogen-bond donors (Lipinski definition) is 2. The molecule has 0 heterocycles. The molecule has 2 amide bonds. The van der Waals surface area contributed by atoms with Gasteiger partial charge < -0.3 is 10.1 Å². The first-order valence-corrected chi connectivity index (χ1v) is 13.5. The molecule has 3 rings (SSSR count). The van der Waals surface area contributed by atoms with Crippen molar-refractivity contribution in [3.63, 3.8) is 0 Å². The highest BCUT2D eigenvalue weighted by Gasteiger charge is 2.21. The molecule has 0 atom stereocenters. The van der Waals surface area contributed by atoms with Crippen LogP contribution in [0.25, 0.3) is 0 Å². The molecule has 0 aliphatic heterocycles. The van der Waals surface area contributed by atoms with Crippen molar-refractivity contribution in [2.24, 2.45) is 5.10 Å². The molecular formula is C24H21Cl3N4O5S. The first-order chi connectivity index (χ1) is 17.5. The number of amides is 2. The second-order valence-corrected chi connectivity index (χ2v) is 10.7. The quantitative estimate of drug-likeness (QED) is 0.268. The fourth-order valence-electron chi connectivity index (χ4n) is 2.95. The molecule has 37 heavy (non-hydrogen) atoms. The van der Waals surface area contributed by atoms with Gasteiger partial charge >= 0.3 is 0 Å². The van der Waals surface area contributed by atoms with Crippen LogP contribution in [0.2, 0.25) is 15.1 Å². The number of benzene rings is 3. The minimum atomic E-state index is -3.79. The highest BCUT2D eigenvalue weighted by Crippen LogP contribution is 2.28. The maximum Gasteiger partial charge on any atom is 0.262 e. The van der Waals surface area contributed by atoms with E-state index in [1.807, 2.05) is 0 Å². The molecule has 0 saturated carbocycles. The summed E-state index contributed by atoms with van der Waals surface area (Å²) < 4.78 is 30.7. The zero-order valence-corrected chi connectivity index (χ0v) is 22.4. The molecule has 0 fully saturated rings. The Morgan fingerprint density at radius 3 is 2.35 bits per heavy atom. The van der Waals surface area contributed by atoms with Crippen LogP contribution < -0.4 is 19.8 Å². The number of anilines is 2. The Morgan fingerprint density at radius 2 is 1.70 bits per heavy atom. The molecule has 3 aromatic rings. The number of nitrogens with zero attached hydrogens (tertiary/aromatic N) is 2. The lowest BCUT2D eigenvalue weighted by Gasteiger charge is -2.21. The van der Waals surface area contributed by atoms with Crippen LogP contribution in [-0.2, 0) is 19.6 Å². The van der Waals surface area contributed by atoms with Gasteiger partial charge in [-0.05, 0) is 66.2 Å². The summed E-state index contributed by atoms with van der Waals surface area (Å²) in [5, 5.41) is 7.44. The number of carbonyl (C=O) groups is 2. The summed E-state index contributed by atoms with van der Waals surface area (Å²) in [6.07, 6.45) is 2.34. The van der Waals surface area contributed by atoms with E-state index < -0.39 is 22.5 Å². The third-order valence-electron chi connectivity index (χ3n) is 4.64. The van der Waals surface area contributed by atoms with Crippen LogP contribution >= 0.6 is 34.8 Å². The van der Waals surface area contributed by atoms with Crippen LogP contribution in [-0.4, -0.2) is 45.9 Å². The summed E-state index contributed by atoms with van der Waals surface area (Å²) in [5.74, 6) is -0.564. The molecule has 2 N–H and O–H groups in total. The maximum atomic E-state index is 12.3. The second kappa shape index (κ2) is 12.8. The van der Waals surface area contributed by atoms with E-state index in [-0.39, 0.29) is 28.2 Å². The summed E-state index contributed by atoms with van der Waals surface area (Å²) in [7, 11) is -3.79. The highest BCUT2D eigenvalue weighted by atomic mass is 35.5. The minimum absolute atomic E-state index is 0.153. The molecule has 13 heteroatoms. The Balaban J connectivity index is 1.51. The molecular weight excluding hydrogens is 563 g/mol. The van der Waals surface area contributed by atoms with Gasteiger partial charge in [0, 0.05) is 10.7 Å². The number of rotatable bonds is 10. The Morgan fingerprint density at radius 1 is 0.973 bits per heavy atom. The van der Waals surface area contributed by atoms with E-state index >= 15 is 0 Å². The van der Waals surface area contributed by atoms with Gasteiger partial charge in [-0.3, -0.25) is 13.9 Å². The largest absolute Gasteiger partial charge is 0.484 e. The van der Waals surface area contributed by atoms with E-state index in [0.29, 0.717) is 22.0 Å². The van der Waals surface area contributed by atoms with Crippen molar-refractivity contribution in [3.8, 4) is 5.75 Å². The summed E-state index contributed by atoms with van der Waals surface area (Å²) in [4.78, 5) is 24.3. The molecule has 0 spiro atoms. The maximum absolute atomic E-state index is 12.3. The Labute approximate surface area is 229 Å². The lowest BCUT2D eigenvalue weighted by molar-refractivity contribution is -0.119. The number of nitrogens with one attached hydrogen (secondary N) is 2. The summed E-state index contributed by atoms with van der Waals surface area (Å²) in [6.45, 7) is -0.718. The van der Waals surface area contributed by atoms with Crippen molar-refractivity contribution in [1.82, 2.24) is 5.43 Å². The van der Waals surface area contributed by atoms with E-state index in [1.54, 1.807) is 48.5 Å². The van der Waals surface area contributed by atoms with Crippen LogP contribution in [0.1, 0.15) is 5.56 Å². The van der Waals surface area contributed by atoms with Gasteiger partial charge in [-0.15, -0.1) is 0 Å². The minimum Gasteiger partial charge on any atom is -0.484 e. The topological polar surface area (TPSA) is 117 Å². The van der Waals surface area contributed by atoms with Gasteiger partial charge in [-0.25, -0.2) is 13.8 Å². The molecule has 0 aliphatic rings. The van der Waals surface area contributed by atoms with Gasteiger partial charge in [0.2, 0.25) is 10.0 Å². The Kier molecular flexibility index (Phi) is 9.76. The van der Waals surface area contributed by atoms with Crippen molar-refractivity contribution in [2.75, 3.05) is 29.0 Å². The van der Waals surface area contributed by atoms with E-state index in [9.17, 15) is 18.0 Å². The molecule has 0 saturated heterocycles. The molecule has 0 aromatic heterocycles. The first-order valence-electron chi connectivity index (χ1n) is 10.5. The highest BCUT2D eigenvalue weighted by molar-refractivity contribution is 7.92. The summed E-state index contributed by atoms with van der Waals surface area (Å²) in [5.41, 5.74) is 3.66. The monoisotopic (exact) mass is 582 g/mol. The van der Waals surface area contributed by atoms with Gasteiger partial charge in [-0.1, -0.05) is 40.9 Å². The third-order valence-corrected chi connectivity index (χ3v) is 6.75. The first kappa shape index (κ1) is 28.3. The number of halogens is 3. The van der Waals surface area contributed by atoms with Crippen LogP contribution in [0.4, 0.5) is 11.4 Å². The standard InChI is InChI=1S/C24H21Cl3N4O5S/c1-37(34,35)31(19-7-10-21(26)22(27)12-19)14-23(32)30-28-13-16-5-8-20(9-6-16)36-15-24(33)29-18-4-2-3-17(25)11-18/h2-13H,14-15H2,1H3,(H,29,33)(H,30,32)/b28-13+. The van der Waals surface area contributed by atoms with Crippen molar-refractivity contribution < 1.29 is 22.7 Å². The lowest BCUT2D eigenvalue weighted by atomic mass is 10.2. The van der Waals surface area contributed by atoms with Crippen molar-refractivity contribution in [3.05, 3.63) is 87.4 Å². The number of sulfonamides is 1. The van der Waals surface area contributed by atoms with Gasteiger partial charge in [0.15, 0.2) is 6.61 Å². The SMILES string of the molecule is CS(=O)(=O)N(CC(=O)N/N=C/c1ccc(OCC(=O)Nc2cccc(Cl)c2)cc1)c1ccc(Cl)c(Cl)c1. The van der Waals surface area contributed by atoms with Crippen molar-refractivity contribution in [1.29, 1.82) is 0 Å². The smallest absolute Gasteiger partial charge is 0.262 e. The van der Waals surface area contributed by atoms with Gasteiger partial charge in [0.05, 0.1) is 28.2 Å². The molecule has 0 radical (unpaired) electrons. The average molecular weight is 584 g/mol. The molecule has 3 aromatic carbocycles. The van der Waals surface area contributed by atoms with Crippen LogP contribution in [0.5, 0.6) is 5.75 Å². The van der Waals surface area contributed by atoms with E-state index in [1.165, 1.54) is 24.4 Å². The zero-order valence-electron chi connectivity index (χ0n) is 19.3. The van der Waals surface area contributed by atoms with Crippen molar-refractivity contribution >= 4 is 74.2 Å². The summed E-state index contributed by atoms with van der Waals surface area (Å²) >= 11 is 17.7. The third kappa shape index (κ3) is 8.94. The van der Waals surface area contributed by atoms with E-state index in [2.05, 4.69) is 15.8 Å². The second-order valence-electron chi connectivity index (χ2n) is 7.58. The Bertz CT molecular complexity index is 1420. The zero-order chi connectivity index (χ0) is 27.0. The van der Waals surface area contributed by atoms with Crippen molar-refractivity contribution in [2.45, 2.75) is 0 Å². The number of hydrogen-bond acceptors (Lipinski definition) is 6. The van der Waals surface area contributed by atoms with Gasteiger partial charge in [0.25, 0.3) is 11.8 Å². The van der Waals surface area contributed by atoms with Crippen LogP contribution in [0.3, 0.4) is 0 Å². The summed E-state index contributed by atoms with van der Waals surface area (Å²) in [6, 6.07) is 17.6. The van der Waals surface area contributed by atoms with Crippen LogP contribution in [0, 0.1) is 0 Å². The molecule has 0 aliphatic carbocycles. The molecule has 194 valence electrons. The van der Waals surface area contributed by atoms with Gasteiger partial charge in [-0.2, -0.15) is 5.10 Å². The number of carbonyl (C=O) groups excluding carboxylic acids is 2. The molecule has 0 bridgehead atoms. The molecule has 9 nitrogen and oxygen atoms in total. The predicted octanol–water partition coefficient (Wildman–Crippen LogP) is 4.58. The predicted molar refractivity (Wildman–Crippen MR) is 146 cm³/mol. The fourth-order valence-corrected chi connectivity index (χ4v) is 4.28. The number of hydrazone groups is 1. The number of ether oxygens (including phenoxy) is 1. The average Bonchev–Trinajstić information content (AvgIpc) is 2.83. The van der Waals surface area contributed by atoms with E-state index in [4.69, 9.17) is 39.5 Å². The lowest BCUT2D eigenvalue weighted by Crippen LogP contribution is -2.39. The van der Waals surface area contributed by atoms with Crippen LogP contribution in [0.15, 0.2) is 71.8 Å². The fraction of sp³-hybridized carbons (Fsp3) is 0.125. The van der Waals surface area contributed by atoms with E-state index in [0.717, 1.165) is 10.6 Å². The molecule has 0 unspecified atom stereocenters. The van der Waals surface area contributed by atoms with Gasteiger partial charge in [0.1, 0.15) is 12.3 Å². The Hall–Kier alpha value is -3.31. The normalized spacial score (nSPS) is 11.2.